The molecule has 1 heterocycles. The standard InChI is InChI=1S/C14H18N2O3S/c1-10-5-7-13(8-6-10)9-16(4)20(17,18)14-11(2)15-19-12(14)3/h5-8H,9H2,1-4H3. The van der Waals surface area contributed by atoms with Crippen molar-refractivity contribution in [2.75, 3.05) is 7.05 Å². The molecule has 2 rings (SSSR count). The Morgan fingerprint density at radius 1 is 1.15 bits per heavy atom. The first-order chi connectivity index (χ1) is 9.32. The van der Waals surface area contributed by atoms with Crippen molar-refractivity contribution in [3.63, 3.8) is 0 Å². The van der Waals surface area contributed by atoms with Gasteiger partial charge in [-0.2, -0.15) is 4.31 Å². The zero-order chi connectivity index (χ0) is 14.9. The Labute approximate surface area is 119 Å². The Morgan fingerprint density at radius 3 is 2.25 bits per heavy atom. The summed E-state index contributed by atoms with van der Waals surface area (Å²) in [6.45, 7) is 5.54. The summed E-state index contributed by atoms with van der Waals surface area (Å²) in [7, 11) is -2.03. The van der Waals surface area contributed by atoms with Crippen LogP contribution in [-0.4, -0.2) is 24.9 Å². The summed E-state index contributed by atoms with van der Waals surface area (Å²) in [5.41, 5.74) is 2.47. The lowest BCUT2D eigenvalue weighted by Gasteiger charge is -2.17. The van der Waals surface area contributed by atoms with Gasteiger partial charge in [-0.25, -0.2) is 8.42 Å². The lowest BCUT2D eigenvalue weighted by atomic mass is 10.1. The van der Waals surface area contributed by atoms with Gasteiger partial charge in [-0.3, -0.25) is 0 Å². The second-order valence-corrected chi connectivity index (χ2v) is 6.88. The number of hydrogen-bond donors (Lipinski definition) is 0. The van der Waals surface area contributed by atoms with E-state index in [9.17, 15) is 8.42 Å². The van der Waals surface area contributed by atoms with Crippen LogP contribution in [0.5, 0.6) is 0 Å². The number of sulfonamides is 1. The zero-order valence-electron chi connectivity index (χ0n) is 12.0. The molecule has 1 aromatic carbocycles. The van der Waals surface area contributed by atoms with Crippen LogP contribution in [0.3, 0.4) is 0 Å². The summed E-state index contributed by atoms with van der Waals surface area (Å²) >= 11 is 0. The molecule has 0 aliphatic carbocycles. The molecule has 5 nitrogen and oxygen atoms in total. The summed E-state index contributed by atoms with van der Waals surface area (Å²) in [5, 5.41) is 3.70. The first kappa shape index (κ1) is 14.7. The van der Waals surface area contributed by atoms with Gasteiger partial charge in [0, 0.05) is 13.6 Å². The third-order valence-electron chi connectivity index (χ3n) is 3.16. The molecule has 0 N–H and O–H groups in total. The highest BCUT2D eigenvalue weighted by atomic mass is 32.2. The molecule has 0 saturated heterocycles. The van der Waals surface area contributed by atoms with Crippen molar-refractivity contribution < 1.29 is 12.9 Å². The van der Waals surface area contributed by atoms with Crippen molar-refractivity contribution in [1.29, 1.82) is 0 Å². The smallest absolute Gasteiger partial charge is 0.248 e. The van der Waals surface area contributed by atoms with Crippen molar-refractivity contribution in [2.24, 2.45) is 0 Å². The van der Waals surface area contributed by atoms with E-state index in [1.165, 1.54) is 4.31 Å². The van der Waals surface area contributed by atoms with E-state index in [4.69, 9.17) is 4.52 Å². The molecule has 0 aliphatic rings. The summed E-state index contributed by atoms with van der Waals surface area (Å²) in [6.07, 6.45) is 0. The molecule has 108 valence electrons. The van der Waals surface area contributed by atoms with Gasteiger partial charge in [-0.05, 0) is 26.3 Å². The Kier molecular flexibility index (Phi) is 3.96. The topological polar surface area (TPSA) is 63.4 Å². The van der Waals surface area contributed by atoms with Gasteiger partial charge in [0.25, 0.3) is 0 Å². The SMILES string of the molecule is Cc1ccc(CN(C)S(=O)(=O)c2c(C)noc2C)cc1. The molecule has 0 saturated carbocycles. The van der Waals surface area contributed by atoms with Crippen LogP contribution in [0.1, 0.15) is 22.6 Å². The fourth-order valence-corrected chi connectivity index (χ4v) is 3.48. The van der Waals surface area contributed by atoms with E-state index < -0.39 is 10.0 Å². The monoisotopic (exact) mass is 294 g/mol. The van der Waals surface area contributed by atoms with Crippen molar-refractivity contribution in [3.8, 4) is 0 Å². The third-order valence-corrected chi connectivity index (χ3v) is 5.21. The van der Waals surface area contributed by atoms with E-state index in [1.807, 2.05) is 31.2 Å². The molecule has 0 aliphatic heterocycles. The van der Waals surface area contributed by atoms with Crippen LogP contribution in [0.4, 0.5) is 0 Å². The minimum Gasteiger partial charge on any atom is -0.360 e. The Balaban J connectivity index is 2.28. The van der Waals surface area contributed by atoms with Gasteiger partial charge in [0.15, 0.2) is 5.76 Å². The lowest BCUT2D eigenvalue weighted by Crippen LogP contribution is -2.27. The first-order valence-corrected chi connectivity index (χ1v) is 7.71. The van der Waals surface area contributed by atoms with Crippen molar-refractivity contribution in [3.05, 3.63) is 46.8 Å². The van der Waals surface area contributed by atoms with Gasteiger partial charge < -0.3 is 4.52 Å². The Hall–Kier alpha value is -1.66. The molecule has 0 amide bonds. The van der Waals surface area contributed by atoms with Crippen LogP contribution in [0.15, 0.2) is 33.7 Å². The molecule has 0 atom stereocenters. The van der Waals surface area contributed by atoms with Crippen LogP contribution in [0.2, 0.25) is 0 Å². The first-order valence-electron chi connectivity index (χ1n) is 6.27. The van der Waals surface area contributed by atoms with Crippen LogP contribution in [0, 0.1) is 20.8 Å². The molecule has 6 heteroatoms. The van der Waals surface area contributed by atoms with Crippen LogP contribution < -0.4 is 0 Å². The minimum absolute atomic E-state index is 0.159. The van der Waals surface area contributed by atoms with Crippen molar-refractivity contribution in [1.82, 2.24) is 9.46 Å². The molecule has 0 spiro atoms. The van der Waals surface area contributed by atoms with Crippen LogP contribution >= 0.6 is 0 Å². The second kappa shape index (κ2) is 5.38. The van der Waals surface area contributed by atoms with Gasteiger partial charge in [0.1, 0.15) is 10.6 Å². The average molecular weight is 294 g/mol. The molecule has 2 aromatic rings. The maximum atomic E-state index is 12.5. The Morgan fingerprint density at radius 2 is 1.75 bits per heavy atom. The second-order valence-electron chi connectivity index (χ2n) is 4.90. The van der Waals surface area contributed by atoms with Gasteiger partial charge >= 0.3 is 0 Å². The highest BCUT2D eigenvalue weighted by molar-refractivity contribution is 7.89. The van der Waals surface area contributed by atoms with E-state index >= 15 is 0 Å². The lowest BCUT2D eigenvalue weighted by molar-refractivity contribution is 0.389. The minimum atomic E-state index is -3.59. The van der Waals surface area contributed by atoms with Gasteiger partial charge in [0.2, 0.25) is 10.0 Å². The molecule has 20 heavy (non-hydrogen) atoms. The van der Waals surface area contributed by atoms with E-state index in [-0.39, 0.29) is 4.90 Å². The van der Waals surface area contributed by atoms with E-state index in [2.05, 4.69) is 5.16 Å². The molecular formula is C14H18N2O3S. The summed E-state index contributed by atoms with van der Waals surface area (Å²) in [5.74, 6) is 0.318. The number of nitrogens with zero attached hydrogens (tertiary/aromatic N) is 2. The summed E-state index contributed by atoms with van der Waals surface area (Å²) < 4.78 is 31.3. The average Bonchev–Trinajstić information content (AvgIpc) is 2.72. The maximum Gasteiger partial charge on any atom is 0.248 e. The summed E-state index contributed by atoms with van der Waals surface area (Å²) in [6, 6.07) is 7.78. The quantitative estimate of drug-likeness (QED) is 0.868. The Bertz CT molecular complexity index is 683. The molecule has 0 bridgehead atoms. The molecule has 0 radical (unpaired) electrons. The number of aryl methyl sites for hydroxylation is 3. The van der Waals surface area contributed by atoms with Crippen molar-refractivity contribution >= 4 is 10.0 Å². The fraction of sp³-hybridized carbons (Fsp3) is 0.357. The summed E-state index contributed by atoms with van der Waals surface area (Å²) in [4.78, 5) is 0.159. The zero-order valence-corrected chi connectivity index (χ0v) is 12.9. The van der Waals surface area contributed by atoms with Crippen LogP contribution in [-0.2, 0) is 16.6 Å². The van der Waals surface area contributed by atoms with Gasteiger partial charge in [0.05, 0.1) is 0 Å². The molecule has 0 unspecified atom stereocenters. The van der Waals surface area contributed by atoms with Crippen LogP contribution in [0.25, 0.3) is 0 Å². The maximum absolute atomic E-state index is 12.5. The largest absolute Gasteiger partial charge is 0.360 e. The van der Waals surface area contributed by atoms with Gasteiger partial charge in [-0.15, -0.1) is 0 Å². The predicted octanol–water partition coefficient (Wildman–Crippen LogP) is 2.42. The van der Waals surface area contributed by atoms with Gasteiger partial charge in [-0.1, -0.05) is 35.0 Å². The number of rotatable bonds is 4. The van der Waals surface area contributed by atoms with E-state index in [0.29, 0.717) is 18.0 Å². The molecule has 0 fully saturated rings. The predicted molar refractivity (Wildman–Crippen MR) is 75.8 cm³/mol. The number of benzene rings is 1. The molecule has 1 aromatic heterocycles. The van der Waals surface area contributed by atoms with E-state index in [0.717, 1.165) is 11.1 Å². The number of hydrogen-bond acceptors (Lipinski definition) is 4. The third kappa shape index (κ3) is 2.76. The van der Waals surface area contributed by atoms with E-state index in [1.54, 1.807) is 20.9 Å². The number of aromatic nitrogens is 1. The molecular weight excluding hydrogens is 276 g/mol. The highest BCUT2D eigenvalue weighted by Gasteiger charge is 2.28. The normalized spacial score (nSPS) is 12.1. The highest BCUT2D eigenvalue weighted by Crippen LogP contribution is 2.23. The fourth-order valence-electron chi connectivity index (χ4n) is 2.03. The van der Waals surface area contributed by atoms with Crippen molar-refractivity contribution in [2.45, 2.75) is 32.2 Å².